The van der Waals surface area contributed by atoms with Gasteiger partial charge in [0.25, 0.3) is 0 Å². The van der Waals surface area contributed by atoms with Crippen molar-refractivity contribution in [2.45, 2.75) is 20.5 Å². The van der Waals surface area contributed by atoms with Crippen LogP contribution in [0.1, 0.15) is 17.0 Å². The molecular formula is C21H19N5O3. The highest BCUT2D eigenvalue weighted by Gasteiger charge is 2.09. The molecule has 4 rings (SSSR count). The number of hydrogen-bond donors (Lipinski definition) is 2. The number of aryl methyl sites for hydroxylation is 2. The number of rotatable bonds is 5. The third kappa shape index (κ3) is 4.16. The maximum absolute atomic E-state index is 11.6. The van der Waals surface area contributed by atoms with Crippen molar-refractivity contribution in [3.63, 3.8) is 0 Å². The molecule has 29 heavy (non-hydrogen) atoms. The quantitative estimate of drug-likeness (QED) is 0.498. The van der Waals surface area contributed by atoms with Crippen LogP contribution in [0.2, 0.25) is 0 Å². The second-order valence-corrected chi connectivity index (χ2v) is 6.57. The minimum absolute atomic E-state index is 0.0801. The second kappa shape index (κ2) is 7.59. The number of nitrogens with zero attached hydrogens (tertiary/aromatic N) is 3. The maximum atomic E-state index is 11.6. The largest absolute Gasteiger partial charge is 0.485 e. The van der Waals surface area contributed by atoms with Gasteiger partial charge in [-0.15, -0.1) is 0 Å². The Morgan fingerprint density at radius 2 is 1.86 bits per heavy atom. The van der Waals surface area contributed by atoms with Crippen LogP contribution in [0, 0.1) is 13.8 Å². The summed E-state index contributed by atoms with van der Waals surface area (Å²) in [4.78, 5) is 24.2. The van der Waals surface area contributed by atoms with Gasteiger partial charge in [-0.3, -0.25) is 0 Å². The Bertz CT molecular complexity index is 1250. The number of aromatic nitrogens is 3. The Balaban J connectivity index is 1.54. The lowest BCUT2D eigenvalue weighted by Crippen LogP contribution is -2.09. The highest BCUT2D eigenvalue weighted by molar-refractivity contribution is 5.81. The average molecular weight is 389 g/mol. The van der Waals surface area contributed by atoms with Gasteiger partial charge in [0, 0.05) is 23.2 Å². The van der Waals surface area contributed by atoms with E-state index in [-0.39, 0.29) is 12.6 Å². The van der Waals surface area contributed by atoms with Gasteiger partial charge in [0.1, 0.15) is 17.9 Å². The standard InChI is InChI=1S/C21H19N5O3/c1-12-5-3-4-6-16(12)23-21-25-18(24-20(22)26-21)11-28-14-7-8-15-13(2)9-19(27)29-17(15)10-14/h3-10H,11H2,1-2H3,(H3,22,23,24,25,26). The number of nitrogens with two attached hydrogens (primary N) is 1. The maximum Gasteiger partial charge on any atom is 0.336 e. The Kier molecular flexibility index (Phi) is 4.82. The van der Waals surface area contributed by atoms with Gasteiger partial charge >= 0.3 is 5.63 Å². The molecule has 0 amide bonds. The summed E-state index contributed by atoms with van der Waals surface area (Å²) >= 11 is 0. The first-order valence-corrected chi connectivity index (χ1v) is 8.98. The summed E-state index contributed by atoms with van der Waals surface area (Å²) in [7, 11) is 0. The zero-order valence-corrected chi connectivity index (χ0v) is 16.0. The summed E-state index contributed by atoms with van der Waals surface area (Å²) in [5.41, 5.74) is 8.66. The first kappa shape index (κ1) is 18.4. The van der Waals surface area contributed by atoms with E-state index in [1.807, 2.05) is 44.2 Å². The van der Waals surface area contributed by atoms with Gasteiger partial charge in [-0.1, -0.05) is 18.2 Å². The molecule has 8 nitrogen and oxygen atoms in total. The fourth-order valence-corrected chi connectivity index (χ4v) is 2.93. The van der Waals surface area contributed by atoms with E-state index in [1.165, 1.54) is 6.07 Å². The molecule has 0 spiro atoms. The molecule has 0 aliphatic carbocycles. The van der Waals surface area contributed by atoms with Crippen LogP contribution in [0.4, 0.5) is 17.6 Å². The molecule has 0 atom stereocenters. The SMILES string of the molecule is Cc1ccccc1Nc1nc(N)nc(COc2ccc3c(C)cc(=O)oc3c2)n1. The van der Waals surface area contributed by atoms with Gasteiger partial charge in [0.05, 0.1) is 0 Å². The van der Waals surface area contributed by atoms with Gasteiger partial charge in [-0.25, -0.2) is 4.79 Å². The Morgan fingerprint density at radius 3 is 2.69 bits per heavy atom. The van der Waals surface area contributed by atoms with E-state index in [2.05, 4.69) is 20.3 Å². The molecule has 146 valence electrons. The Labute approximate surface area is 166 Å². The Hall–Kier alpha value is -3.94. The number of fused-ring (bicyclic) bond motifs is 1. The highest BCUT2D eigenvalue weighted by atomic mass is 16.5. The smallest absolute Gasteiger partial charge is 0.336 e. The number of para-hydroxylation sites is 1. The van der Waals surface area contributed by atoms with Gasteiger partial charge in [-0.05, 0) is 43.2 Å². The van der Waals surface area contributed by atoms with E-state index in [1.54, 1.807) is 12.1 Å². The van der Waals surface area contributed by atoms with Crippen LogP contribution < -0.4 is 21.4 Å². The van der Waals surface area contributed by atoms with Crippen LogP contribution in [-0.2, 0) is 6.61 Å². The van der Waals surface area contributed by atoms with Crippen molar-refractivity contribution in [2.24, 2.45) is 0 Å². The number of ether oxygens (including phenoxy) is 1. The molecule has 0 unspecified atom stereocenters. The van der Waals surface area contributed by atoms with E-state index in [4.69, 9.17) is 14.9 Å². The summed E-state index contributed by atoms with van der Waals surface area (Å²) in [6.45, 7) is 3.92. The van der Waals surface area contributed by atoms with Gasteiger partial charge < -0.3 is 20.2 Å². The number of hydrogen-bond acceptors (Lipinski definition) is 8. The van der Waals surface area contributed by atoms with Gasteiger partial charge in [0.15, 0.2) is 5.82 Å². The average Bonchev–Trinajstić information content (AvgIpc) is 2.67. The van der Waals surface area contributed by atoms with Crippen LogP contribution in [0.5, 0.6) is 5.75 Å². The molecule has 0 saturated heterocycles. The monoisotopic (exact) mass is 389 g/mol. The van der Waals surface area contributed by atoms with Gasteiger partial charge in [-0.2, -0.15) is 15.0 Å². The van der Waals surface area contributed by atoms with Crippen molar-refractivity contribution in [1.82, 2.24) is 15.0 Å². The molecule has 8 heteroatoms. The summed E-state index contributed by atoms with van der Waals surface area (Å²) in [6.07, 6.45) is 0. The molecule has 4 aromatic rings. The number of nitrogen functional groups attached to an aromatic ring is 1. The van der Waals surface area contributed by atoms with Gasteiger partial charge in [0.2, 0.25) is 11.9 Å². The molecule has 0 fully saturated rings. The fraction of sp³-hybridized carbons (Fsp3) is 0.143. The van der Waals surface area contributed by atoms with E-state index >= 15 is 0 Å². The molecule has 2 heterocycles. The third-order valence-corrected chi connectivity index (χ3v) is 4.38. The van der Waals surface area contributed by atoms with E-state index < -0.39 is 5.63 Å². The van der Waals surface area contributed by atoms with E-state index in [0.29, 0.717) is 23.1 Å². The summed E-state index contributed by atoms with van der Waals surface area (Å²) in [5.74, 6) is 1.33. The molecule has 0 saturated carbocycles. The second-order valence-electron chi connectivity index (χ2n) is 6.57. The molecule has 2 aromatic carbocycles. The normalized spacial score (nSPS) is 10.8. The number of nitrogens with one attached hydrogen (secondary N) is 1. The third-order valence-electron chi connectivity index (χ3n) is 4.38. The zero-order valence-electron chi connectivity index (χ0n) is 16.0. The van der Waals surface area contributed by atoms with E-state index in [0.717, 1.165) is 22.2 Å². The molecule has 2 aromatic heterocycles. The first-order chi connectivity index (χ1) is 14.0. The Morgan fingerprint density at radius 1 is 1.03 bits per heavy atom. The van der Waals surface area contributed by atoms with Crippen molar-refractivity contribution in [3.8, 4) is 5.75 Å². The number of benzene rings is 2. The molecule has 0 bridgehead atoms. The zero-order chi connectivity index (χ0) is 20.4. The lowest BCUT2D eigenvalue weighted by molar-refractivity contribution is 0.296. The van der Waals surface area contributed by atoms with Crippen LogP contribution in [0.3, 0.4) is 0 Å². The predicted molar refractivity (Wildman–Crippen MR) is 110 cm³/mol. The van der Waals surface area contributed by atoms with Crippen LogP contribution >= 0.6 is 0 Å². The minimum atomic E-state index is -0.399. The van der Waals surface area contributed by atoms with Crippen molar-refractivity contribution in [3.05, 3.63) is 75.9 Å². The lowest BCUT2D eigenvalue weighted by atomic mass is 10.1. The molecule has 0 aliphatic rings. The van der Waals surface area contributed by atoms with E-state index in [9.17, 15) is 4.79 Å². The first-order valence-electron chi connectivity index (χ1n) is 8.98. The highest BCUT2D eigenvalue weighted by Crippen LogP contribution is 2.23. The molecule has 0 radical (unpaired) electrons. The van der Waals surface area contributed by atoms with Crippen molar-refractivity contribution in [1.29, 1.82) is 0 Å². The summed E-state index contributed by atoms with van der Waals surface area (Å²) < 4.78 is 11.0. The summed E-state index contributed by atoms with van der Waals surface area (Å²) in [6, 6.07) is 14.5. The van der Waals surface area contributed by atoms with Crippen molar-refractivity contribution < 1.29 is 9.15 Å². The fourth-order valence-electron chi connectivity index (χ4n) is 2.93. The predicted octanol–water partition coefficient (Wildman–Crippen LogP) is 3.50. The summed E-state index contributed by atoms with van der Waals surface area (Å²) in [5, 5.41) is 3.99. The van der Waals surface area contributed by atoms with Crippen LogP contribution in [-0.4, -0.2) is 15.0 Å². The number of anilines is 3. The van der Waals surface area contributed by atoms with Crippen molar-refractivity contribution >= 4 is 28.6 Å². The van der Waals surface area contributed by atoms with Crippen molar-refractivity contribution in [2.75, 3.05) is 11.1 Å². The molecule has 3 N–H and O–H groups in total. The van der Waals surface area contributed by atoms with Crippen LogP contribution in [0.25, 0.3) is 11.0 Å². The minimum Gasteiger partial charge on any atom is -0.485 e. The molecule has 0 aliphatic heterocycles. The lowest BCUT2D eigenvalue weighted by Gasteiger charge is -2.10. The van der Waals surface area contributed by atoms with Crippen LogP contribution in [0.15, 0.2) is 57.7 Å². The topological polar surface area (TPSA) is 116 Å². The molecular weight excluding hydrogens is 370 g/mol.